The molecule has 3 aromatic rings. The predicted octanol–water partition coefficient (Wildman–Crippen LogP) is 4.53. The molecule has 28 heavy (non-hydrogen) atoms. The molecule has 0 saturated heterocycles. The molecule has 0 aliphatic heterocycles. The molecular formula is C20H19ClN2O3S2. The topological polar surface area (TPSA) is 60.7 Å². The first-order valence-electron chi connectivity index (χ1n) is 8.68. The molecule has 146 valence electrons. The van der Waals surface area contributed by atoms with Crippen molar-refractivity contribution in [2.24, 2.45) is 4.99 Å². The number of fused-ring (bicyclic) bond motifs is 1. The molecule has 0 unspecified atom stereocenters. The van der Waals surface area contributed by atoms with Gasteiger partial charge in [-0.25, -0.2) is 0 Å². The molecule has 0 atom stereocenters. The molecule has 0 spiro atoms. The standard InChI is InChI=1S/C20H19ClN2O3S2/c1-26-19(25)13-23-16-5-2-3-6-17(16)28-20(23)22-18(24)7-4-12-27-15-10-8-14(21)9-11-15/h2-3,5-6,8-11H,4,7,12-13H2,1H3. The molecule has 1 aromatic heterocycles. The van der Waals surface area contributed by atoms with Gasteiger partial charge in [0.05, 0.1) is 17.3 Å². The van der Waals surface area contributed by atoms with Gasteiger partial charge in [0.15, 0.2) is 4.80 Å². The van der Waals surface area contributed by atoms with Crippen LogP contribution in [0.3, 0.4) is 0 Å². The number of rotatable bonds is 7. The van der Waals surface area contributed by atoms with E-state index < -0.39 is 0 Å². The summed E-state index contributed by atoms with van der Waals surface area (Å²) in [6.45, 7) is 0.0268. The summed E-state index contributed by atoms with van der Waals surface area (Å²) in [4.78, 5) is 30.0. The van der Waals surface area contributed by atoms with Gasteiger partial charge in [-0.2, -0.15) is 4.99 Å². The van der Waals surface area contributed by atoms with Crippen molar-refractivity contribution in [1.29, 1.82) is 0 Å². The molecule has 0 aliphatic carbocycles. The highest BCUT2D eigenvalue weighted by Crippen LogP contribution is 2.21. The van der Waals surface area contributed by atoms with Gasteiger partial charge in [0.1, 0.15) is 6.54 Å². The minimum Gasteiger partial charge on any atom is -0.468 e. The summed E-state index contributed by atoms with van der Waals surface area (Å²) in [6, 6.07) is 15.3. The molecule has 3 rings (SSSR count). The van der Waals surface area contributed by atoms with E-state index in [1.807, 2.05) is 48.5 Å². The lowest BCUT2D eigenvalue weighted by Crippen LogP contribution is -2.22. The summed E-state index contributed by atoms with van der Waals surface area (Å²) in [5.74, 6) is 0.246. The van der Waals surface area contributed by atoms with Crippen LogP contribution in [0.1, 0.15) is 12.8 Å². The second-order valence-corrected chi connectivity index (χ2v) is 8.54. The van der Waals surface area contributed by atoms with Crippen molar-refractivity contribution < 1.29 is 14.3 Å². The molecule has 1 amide bonds. The normalized spacial score (nSPS) is 11.7. The molecule has 0 radical (unpaired) electrons. The van der Waals surface area contributed by atoms with Crippen LogP contribution >= 0.6 is 34.7 Å². The summed E-state index contributed by atoms with van der Waals surface area (Å²) in [5, 5.41) is 0.710. The Morgan fingerprint density at radius 1 is 1.18 bits per heavy atom. The van der Waals surface area contributed by atoms with Crippen molar-refractivity contribution in [3.05, 3.63) is 58.4 Å². The fourth-order valence-electron chi connectivity index (χ4n) is 2.56. The SMILES string of the molecule is COC(=O)Cn1c(=NC(=O)CCCSc2ccc(Cl)cc2)sc2ccccc21. The number of carbonyl (C=O) groups is 2. The van der Waals surface area contributed by atoms with Crippen LogP contribution in [0.25, 0.3) is 10.2 Å². The van der Waals surface area contributed by atoms with E-state index >= 15 is 0 Å². The number of hydrogen-bond donors (Lipinski definition) is 0. The van der Waals surface area contributed by atoms with Crippen LogP contribution in [0.4, 0.5) is 0 Å². The summed E-state index contributed by atoms with van der Waals surface area (Å²) in [7, 11) is 1.35. The Morgan fingerprint density at radius 3 is 2.68 bits per heavy atom. The molecule has 0 saturated carbocycles. The number of amides is 1. The zero-order valence-corrected chi connectivity index (χ0v) is 17.6. The number of ether oxygens (including phenoxy) is 1. The Hall–Kier alpha value is -2.09. The first kappa shape index (κ1) is 20.6. The Morgan fingerprint density at radius 2 is 1.93 bits per heavy atom. The second-order valence-electron chi connectivity index (χ2n) is 5.93. The van der Waals surface area contributed by atoms with E-state index in [4.69, 9.17) is 16.3 Å². The van der Waals surface area contributed by atoms with Gasteiger partial charge in [0, 0.05) is 16.3 Å². The van der Waals surface area contributed by atoms with Crippen molar-refractivity contribution in [2.45, 2.75) is 24.3 Å². The molecule has 0 N–H and O–H groups in total. The zero-order chi connectivity index (χ0) is 19.9. The number of carbonyl (C=O) groups excluding carboxylic acids is 2. The van der Waals surface area contributed by atoms with E-state index in [1.54, 1.807) is 16.3 Å². The second kappa shape index (κ2) is 9.91. The number of hydrogen-bond acceptors (Lipinski definition) is 5. The molecule has 0 bridgehead atoms. The van der Waals surface area contributed by atoms with Gasteiger partial charge in [-0.05, 0) is 48.6 Å². The van der Waals surface area contributed by atoms with Crippen molar-refractivity contribution in [3.63, 3.8) is 0 Å². The Labute approximate surface area is 176 Å². The monoisotopic (exact) mass is 434 g/mol. The van der Waals surface area contributed by atoms with Crippen LogP contribution in [0.5, 0.6) is 0 Å². The number of esters is 1. The maximum absolute atomic E-state index is 12.3. The lowest BCUT2D eigenvalue weighted by Gasteiger charge is -2.03. The van der Waals surface area contributed by atoms with Crippen molar-refractivity contribution in [2.75, 3.05) is 12.9 Å². The van der Waals surface area contributed by atoms with Crippen molar-refractivity contribution in [3.8, 4) is 0 Å². The van der Waals surface area contributed by atoms with Gasteiger partial charge >= 0.3 is 5.97 Å². The number of thioether (sulfide) groups is 1. The molecule has 2 aromatic carbocycles. The highest BCUT2D eigenvalue weighted by Gasteiger charge is 2.11. The van der Waals surface area contributed by atoms with E-state index in [2.05, 4.69) is 4.99 Å². The third kappa shape index (κ3) is 5.47. The highest BCUT2D eigenvalue weighted by molar-refractivity contribution is 7.99. The Kier molecular flexibility index (Phi) is 7.30. The third-order valence-corrected chi connectivity index (χ3v) is 6.35. The smallest absolute Gasteiger partial charge is 0.325 e. The summed E-state index contributed by atoms with van der Waals surface area (Å²) in [5.41, 5.74) is 0.864. The van der Waals surface area contributed by atoms with E-state index in [-0.39, 0.29) is 18.4 Å². The number of para-hydroxylation sites is 1. The van der Waals surface area contributed by atoms with Gasteiger partial charge in [-0.3, -0.25) is 9.59 Å². The number of benzene rings is 2. The summed E-state index contributed by atoms with van der Waals surface area (Å²) >= 11 is 8.95. The van der Waals surface area contributed by atoms with Crippen molar-refractivity contribution >= 4 is 56.8 Å². The van der Waals surface area contributed by atoms with E-state index in [0.717, 1.165) is 27.3 Å². The number of thiazole rings is 1. The van der Waals surface area contributed by atoms with Crippen molar-refractivity contribution in [1.82, 2.24) is 4.57 Å². The Balaban J connectivity index is 1.67. The molecule has 0 aliphatic rings. The first-order valence-corrected chi connectivity index (χ1v) is 10.9. The molecule has 5 nitrogen and oxygen atoms in total. The largest absolute Gasteiger partial charge is 0.468 e. The van der Waals surface area contributed by atoms with Gasteiger partial charge in [0.25, 0.3) is 0 Å². The van der Waals surface area contributed by atoms with Gasteiger partial charge in [-0.1, -0.05) is 35.1 Å². The van der Waals surface area contributed by atoms with Crippen LogP contribution in [0.2, 0.25) is 5.02 Å². The minimum absolute atomic E-state index is 0.0268. The Bertz CT molecular complexity index is 1040. The van der Waals surface area contributed by atoms with Crippen LogP contribution in [0.15, 0.2) is 58.4 Å². The van der Waals surface area contributed by atoms with E-state index in [1.165, 1.54) is 18.4 Å². The molecule has 0 fully saturated rings. The van der Waals surface area contributed by atoms with E-state index in [9.17, 15) is 9.59 Å². The molecule has 8 heteroatoms. The fourth-order valence-corrected chi connectivity index (χ4v) is 4.58. The quantitative estimate of drug-likeness (QED) is 0.311. The minimum atomic E-state index is -0.378. The number of halogens is 1. The number of aromatic nitrogens is 1. The summed E-state index contributed by atoms with van der Waals surface area (Å²) < 4.78 is 7.47. The molecular weight excluding hydrogens is 416 g/mol. The maximum Gasteiger partial charge on any atom is 0.325 e. The average Bonchev–Trinajstić information content (AvgIpc) is 3.03. The fraction of sp³-hybridized carbons (Fsp3) is 0.250. The van der Waals surface area contributed by atoms with Crippen LogP contribution in [-0.2, 0) is 20.9 Å². The average molecular weight is 435 g/mol. The highest BCUT2D eigenvalue weighted by atomic mass is 35.5. The van der Waals surface area contributed by atoms with Crippen LogP contribution < -0.4 is 4.80 Å². The van der Waals surface area contributed by atoms with E-state index in [0.29, 0.717) is 16.2 Å². The number of nitrogens with zero attached hydrogens (tertiary/aromatic N) is 2. The van der Waals surface area contributed by atoms with Gasteiger partial charge in [-0.15, -0.1) is 11.8 Å². The molecule has 1 heterocycles. The number of methoxy groups -OCH3 is 1. The van der Waals surface area contributed by atoms with Gasteiger partial charge in [0.2, 0.25) is 5.91 Å². The lowest BCUT2D eigenvalue weighted by molar-refractivity contribution is -0.141. The lowest BCUT2D eigenvalue weighted by atomic mass is 10.3. The van der Waals surface area contributed by atoms with Gasteiger partial charge < -0.3 is 9.30 Å². The van der Waals surface area contributed by atoms with Crippen LogP contribution in [-0.4, -0.2) is 29.3 Å². The predicted molar refractivity (Wildman–Crippen MR) is 114 cm³/mol. The maximum atomic E-state index is 12.3. The van der Waals surface area contributed by atoms with Crippen LogP contribution in [0, 0.1) is 0 Å². The zero-order valence-electron chi connectivity index (χ0n) is 15.3. The third-order valence-electron chi connectivity index (χ3n) is 3.94. The first-order chi connectivity index (χ1) is 13.6. The summed E-state index contributed by atoms with van der Waals surface area (Å²) in [6.07, 6.45) is 1.07.